The summed E-state index contributed by atoms with van der Waals surface area (Å²) in [6, 6.07) is 13.9. The van der Waals surface area contributed by atoms with Gasteiger partial charge in [-0.3, -0.25) is 14.7 Å². The second-order valence-electron chi connectivity index (χ2n) is 7.99. The Morgan fingerprint density at radius 2 is 1.84 bits per heavy atom. The van der Waals surface area contributed by atoms with Crippen molar-refractivity contribution in [2.24, 2.45) is 0 Å². The second kappa shape index (κ2) is 12.2. The average molecular weight is 467 g/mol. The van der Waals surface area contributed by atoms with Gasteiger partial charge in [-0.1, -0.05) is 6.07 Å². The minimum atomic E-state index is 0. The highest BCUT2D eigenvalue weighted by atomic mass is 35.5. The number of halogens is 2. The Morgan fingerprint density at radius 3 is 2.48 bits per heavy atom. The number of benzene rings is 1. The lowest BCUT2D eigenvalue weighted by molar-refractivity contribution is 0.0655. The maximum atomic E-state index is 12.7. The molecule has 2 saturated heterocycles. The fraction of sp³-hybridized carbons (Fsp3) is 0.478. The Balaban J connectivity index is 0.00000171. The van der Waals surface area contributed by atoms with E-state index in [-0.39, 0.29) is 42.9 Å². The zero-order valence-corrected chi connectivity index (χ0v) is 19.5. The van der Waals surface area contributed by atoms with Crippen LogP contribution in [0.2, 0.25) is 0 Å². The van der Waals surface area contributed by atoms with Crippen molar-refractivity contribution in [3.63, 3.8) is 0 Å². The molecule has 2 aliphatic rings. The van der Waals surface area contributed by atoms with E-state index in [4.69, 9.17) is 4.74 Å². The van der Waals surface area contributed by atoms with Crippen LogP contribution < -0.4 is 10.1 Å². The minimum absolute atomic E-state index is 0. The number of aromatic nitrogens is 1. The van der Waals surface area contributed by atoms with Gasteiger partial charge in [-0.15, -0.1) is 24.8 Å². The Bertz CT molecular complexity index is 799. The summed E-state index contributed by atoms with van der Waals surface area (Å²) in [5.74, 6) is 0.950. The fourth-order valence-electron chi connectivity index (χ4n) is 4.08. The van der Waals surface area contributed by atoms with Crippen LogP contribution in [0.5, 0.6) is 5.75 Å². The highest BCUT2D eigenvalue weighted by Gasteiger charge is 2.24. The first kappa shape index (κ1) is 25.4. The molecule has 0 bridgehead atoms. The van der Waals surface area contributed by atoms with Gasteiger partial charge in [-0.25, -0.2) is 0 Å². The molecule has 0 aliphatic carbocycles. The zero-order valence-electron chi connectivity index (χ0n) is 17.9. The van der Waals surface area contributed by atoms with Crippen molar-refractivity contribution in [1.29, 1.82) is 0 Å². The van der Waals surface area contributed by atoms with E-state index < -0.39 is 0 Å². The van der Waals surface area contributed by atoms with Crippen molar-refractivity contribution >= 4 is 30.7 Å². The van der Waals surface area contributed by atoms with E-state index in [1.54, 1.807) is 0 Å². The van der Waals surface area contributed by atoms with Crippen molar-refractivity contribution in [3.05, 3.63) is 59.9 Å². The van der Waals surface area contributed by atoms with E-state index in [9.17, 15) is 4.79 Å². The maximum absolute atomic E-state index is 12.7. The van der Waals surface area contributed by atoms with E-state index in [0.29, 0.717) is 0 Å². The van der Waals surface area contributed by atoms with E-state index in [0.717, 1.165) is 69.1 Å². The van der Waals surface area contributed by atoms with Crippen LogP contribution >= 0.6 is 24.8 Å². The first-order chi connectivity index (χ1) is 14.2. The molecule has 0 saturated carbocycles. The average Bonchev–Trinajstić information content (AvgIpc) is 2.76. The topological polar surface area (TPSA) is 57.7 Å². The summed E-state index contributed by atoms with van der Waals surface area (Å²) < 4.78 is 6.18. The molecule has 1 aromatic heterocycles. The SMILES string of the molecule is C[C@@H]1CNCCN1C(=O)c1ccc(OC2CCN(Cc3ccccn3)CC2)cc1.Cl.Cl. The molecule has 0 radical (unpaired) electrons. The Morgan fingerprint density at radius 1 is 1.10 bits per heavy atom. The third-order valence-corrected chi connectivity index (χ3v) is 5.81. The summed E-state index contributed by atoms with van der Waals surface area (Å²) in [5, 5.41) is 3.32. The van der Waals surface area contributed by atoms with Gasteiger partial charge in [0, 0.05) is 57.1 Å². The van der Waals surface area contributed by atoms with Crippen LogP contribution in [0.4, 0.5) is 0 Å². The molecule has 2 fully saturated rings. The number of nitrogens with one attached hydrogen (secondary N) is 1. The number of nitrogens with zero attached hydrogens (tertiary/aromatic N) is 3. The quantitative estimate of drug-likeness (QED) is 0.731. The zero-order chi connectivity index (χ0) is 20.1. The Kier molecular flexibility index (Phi) is 10.0. The monoisotopic (exact) mass is 466 g/mol. The third kappa shape index (κ3) is 6.81. The summed E-state index contributed by atoms with van der Waals surface area (Å²) in [5.41, 5.74) is 1.85. The molecule has 1 N–H and O–H groups in total. The van der Waals surface area contributed by atoms with E-state index in [2.05, 4.69) is 28.2 Å². The molecule has 1 atom stereocenters. The number of hydrogen-bond donors (Lipinski definition) is 1. The maximum Gasteiger partial charge on any atom is 0.254 e. The second-order valence-corrected chi connectivity index (χ2v) is 7.99. The highest BCUT2D eigenvalue weighted by Crippen LogP contribution is 2.21. The predicted molar refractivity (Wildman–Crippen MR) is 127 cm³/mol. The van der Waals surface area contributed by atoms with Crippen LogP contribution in [0.3, 0.4) is 0 Å². The molecule has 3 heterocycles. The molecular formula is C23H32Cl2N4O2. The van der Waals surface area contributed by atoms with E-state index in [1.165, 1.54) is 0 Å². The lowest BCUT2D eigenvalue weighted by Crippen LogP contribution is -2.52. The normalized spacial score (nSPS) is 19.8. The number of hydrogen-bond acceptors (Lipinski definition) is 5. The number of piperidine rings is 1. The summed E-state index contributed by atoms with van der Waals surface area (Å²) >= 11 is 0. The molecule has 31 heavy (non-hydrogen) atoms. The number of piperazine rings is 1. The molecule has 1 amide bonds. The van der Waals surface area contributed by atoms with E-state index in [1.807, 2.05) is 47.5 Å². The molecule has 8 heteroatoms. The lowest BCUT2D eigenvalue weighted by atomic mass is 10.1. The van der Waals surface area contributed by atoms with Gasteiger partial charge in [0.15, 0.2) is 0 Å². The highest BCUT2D eigenvalue weighted by molar-refractivity contribution is 5.94. The van der Waals surface area contributed by atoms with Crippen LogP contribution in [0.15, 0.2) is 48.7 Å². The van der Waals surface area contributed by atoms with Crippen molar-refractivity contribution in [2.75, 3.05) is 32.7 Å². The van der Waals surface area contributed by atoms with Crippen LogP contribution in [0.25, 0.3) is 0 Å². The van der Waals surface area contributed by atoms with Crippen molar-refractivity contribution < 1.29 is 9.53 Å². The first-order valence-electron chi connectivity index (χ1n) is 10.6. The van der Waals surface area contributed by atoms with Gasteiger partial charge < -0.3 is 15.0 Å². The molecule has 4 rings (SSSR count). The van der Waals surface area contributed by atoms with Gasteiger partial charge in [0.2, 0.25) is 0 Å². The van der Waals surface area contributed by atoms with Crippen LogP contribution in [-0.4, -0.2) is 65.6 Å². The van der Waals surface area contributed by atoms with Gasteiger partial charge in [0.1, 0.15) is 11.9 Å². The van der Waals surface area contributed by atoms with Gasteiger partial charge >= 0.3 is 0 Å². The standard InChI is InChI=1S/C23H30N4O2.2ClH/c1-18-16-24-12-15-27(18)23(28)19-5-7-21(8-6-19)29-22-9-13-26(14-10-22)17-20-4-2-3-11-25-20;;/h2-8,11,18,22,24H,9-10,12-17H2,1H3;2*1H/t18-;;/m1../s1. The fourth-order valence-corrected chi connectivity index (χ4v) is 4.08. The minimum Gasteiger partial charge on any atom is -0.490 e. The van der Waals surface area contributed by atoms with Crippen LogP contribution in [0, 0.1) is 0 Å². The van der Waals surface area contributed by atoms with E-state index >= 15 is 0 Å². The summed E-state index contributed by atoms with van der Waals surface area (Å²) in [6.45, 7) is 7.48. The van der Waals surface area contributed by atoms with Gasteiger partial charge in [-0.05, 0) is 56.2 Å². The summed E-state index contributed by atoms with van der Waals surface area (Å²) in [7, 11) is 0. The molecular weight excluding hydrogens is 435 g/mol. The number of rotatable bonds is 5. The Labute approximate surface area is 197 Å². The van der Waals surface area contributed by atoms with Crippen molar-refractivity contribution in [3.8, 4) is 5.75 Å². The van der Waals surface area contributed by atoms with Gasteiger partial charge in [0.25, 0.3) is 5.91 Å². The largest absolute Gasteiger partial charge is 0.490 e. The molecule has 1 aromatic carbocycles. The lowest BCUT2D eigenvalue weighted by Gasteiger charge is -2.34. The molecule has 6 nitrogen and oxygen atoms in total. The number of amides is 1. The number of pyridine rings is 1. The number of carbonyl (C=O) groups is 1. The summed E-state index contributed by atoms with van der Waals surface area (Å²) in [6.07, 6.45) is 4.09. The third-order valence-electron chi connectivity index (χ3n) is 5.81. The van der Waals surface area contributed by atoms with Crippen molar-refractivity contribution in [2.45, 2.75) is 38.5 Å². The first-order valence-corrected chi connectivity index (χ1v) is 10.6. The van der Waals surface area contributed by atoms with Gasteiger partial charge in [-0.2, -0.15) is 0 Å². The van der Waals surface area contributed by atoms with Gasteiger partial charge in [0.05, 0.1) is 5.69 Å². The van der Waals surface area contributed by atoms with Crippen LogP contribution in [0.1, 0.15) is 35.8 Å². The molecule has 2 aliphatic heterocycles. The number of ether oxygens (including phenoxy) is 1. The summed E-state index contributed by atoms with van der Waals surface area (Å²) in [4.78, 5) is 21.5. The predicted octanol–water partition coefficient (Wildman–Crippen LogP) is 3.40. The molecule has 0 unspecified atom stereocenters. The number of carbonyl (C=O) groups excluding carboxylic acids is 1. The van der Waals surface area contributed by atoms with Crippen LogP contribution in [-0.2, 0) is 6.54 Å². The smallest absolute Gasteiger partial charge is 0.254 e. The number of likely N-dealkylation sites (tertiary alicyclic amines) is 1. The Hall–Kier alpha value is -1.86. The van der Waals surface area contributed by atoms with Crippen molar-refractivity contribution in [1.82, 2.24) is 20.1 Å². The molecule has 0 spiro atoms. The molecule has 170 valence electrons. The molecule has 2 aromatic rings.